The number of benzene rings is 1. The molecule has 0 aliphatic carbocycles. The van der Waals surface area contributed by atoms with Crippen molar-refractivity contribution >= 4 is 17.6 Å². The predicted octanol–water partition coefficient (Wildman–Crippen LogP) is 1.75. The van der Waals surface area contributed by atoms with Crippen molar-refractivity contribution in [3.63, 3.8) is 0 Å². The van der Waals surface area contributed by atoms with Gasteiger partial charge in [0.2, 0.25) is 5.91 Å². The van der Waals surface area contributed by atoms with Crippen molar-refractivity contribution in [3.05, 3.63) is 30.3 Å². The summed E-state index contributed by atoms with van der Waals surface area (Å²) in [4.78, 5) is 25.4. The van der Waals surface area contributed by atoms with Crippen LogP contribution in [0, 0.1) is 5.92 Å². The molecule has 2 N–H and O–H groups in total. The summed E-state index contributed by atoms with van der Waals surface area (Å²) in [5, 5.41) is 5.65. The summed E-state index contributed by atoms with van der Waals surface area (Å²) in [7, 11) is 0. The Kier molecular flexibility index (Phi) is 4.61. The van der Waals surface area contributed by atoms with E-state index in [1.54, 1.807) is 4.90 Å². The number of urea groups is 1. The summed E-state index contributed by atoms with van der Waals surface area (Å²) >= 11 is 0. The molecule has 1 atom stereocenters. The molecule has 3 amide bonds. The van der Waals surface area contributed by atoms with Crippen LogP contribution in [0.4, 0.5) is 10.5 Å². The molecule has 2 rings (SSSR count). The molecule has 0 radical (unpaired) electrons. The summed E-state index contributed by atoms with van der Waals surface area (Å²) in [5.74, 6) is 0.456. The van der Waals surface area contributed by atoms with Gasteiger partial charge < -0.3 is 15.5 Å². The third-order valence-corrected chi connectivity index (χ3v) is 3.20. The second-order valence-electron chi connectivity index (χ2n) is 5.49. The van der Waals surface area contributed by atoms with Crippen LogP contribution in [-0.2, 0) is 4.79 Å². The van der Waals surface area contributed by atoms with Crippen LogP contribution in [0.15, 0.2) is 30.3 Å². The van der Waals surface area contributed by atoms with E-state index in [0.29, 0.717) is 25.4 Å². The van der Waals surface area contributed by atoms with Crippen molar-refractivity contribution in [2.45, 2.75) is 26.3 Å². The Morgan fingerprint density at radius 3 is 2.70 bits per heavy atom. The Hall–Kier alpha value is -2.04. The first-order valence-electron chi connectivity index (χ1n) is 6.96. The lowest BCUT2D eigenvalue weighted by Gasteiger charge is -2.17. The highest BCUT2D eigenvalue weighted by atomic mass is 16.2. The number of nitrogens with one attached hydrogen (secondary N) is 2. The monoisotopic (exact) mass is 275 g/mol. The van der Waals surface area contributed by atoms with Crippen molar-refractivity contribution in [1.29, 1.82) is 0 Å². The maximum Gasteiger partial charge on any atom is 0.315 e. The number of hydrogen-bond acceptors (Lipinski definition) is 2. The number of para-hydroxylation sites is 1. The molecular weight excluding hydrogens is 254 g/mol. The van der Waals surface area contributed by atoms with Gasteiger partial charge in [-0.2, -0.15) is 0 Å². The number of amides is 3. The Bertz CT molecular complexity index is 473. The van der Waals surface area contributed by atoms with Crippen molar-refractivity contribution in [3.8, 4) is 0 Å². The molecule has 1 aromatic rings. The molecule has 0 saturated carbocycles. The third-order valence-electron chi connectivity index (χ3n) is 3.20. The van der Waals surface area contributed by atoms with Crippen LogP contribution in [0.5, 0.6) is 0 Å². The molecular formula is C15H21N3O2. The first-order chi connectivity index (χ1) is 9.56. The highest BCUT2D eigenvalue weighted by Gasteiger charge is 2.31. The van der Waals surface area contributed by atoms with E-state index in [1.807, 2.05) is 44.2 Å². The summed E-state index contributed by atoms with van der Waals surface area (Å²) in [6, 6.07) is 9.19. The number of rotatable bonds is 4. The molecule has 1 aromatic carbocycles. The van der Waals surface area contributed by atoms with Crippen molar-refractivity contribution in [2.75, 3.05) is 18.0 Å². The number of carbonyl (C=O) groups excluding carboxylic acids is 2. The first-order valence-corrected chi connectivity index (χ1v) is 6.96. The fourth-order valence-corrected chi connectivity index (χ4v) is 2.19. The predicted molar refractivity (Wildman–Crippen MR) is 78.6 cm³/mol. The molecule has 5 nitrogen and oxygen atoms in total. The lowest BCUT2D eigenvalue weighted by Crippen LogP contribution is -2.44. The van der Waals surface area contributed by atoms with Gasteiger partial charge in [-0.15, -0.1) is 0 Å². The van der Waals surface area contributed by atoms with Crippen LogP contribution in [0.1, 0.15) is 20.3 Å². The molecule has 108 valence electrons. The molecule has 1 aliphatic heterocycles. The third kappa shape index (κ3) is 3.73. The molecule has 0 spiro atoms. The van der Waals surface area contributed by atoms with E-state index in [1.165, 1.54) is 0 Å². The molecule has 1 fully saturated rings. The van der Waals surface area contributed by atoms with Gasteiger partial charge in [-0.05, 0) is 18.1 Å². The molecule has 5 heteroatoms. The summed E-state index contributed by atoms with van der Waals surface area (Å²) < 4.78 is 0. The average molecular weight is 275 g/mol. The van der Waals surface area contributed by atoms with E-state index < -0.39 is 0 Å². The molecule has 1 aliphatic rings. The van der Waals surface area contributed by atoms with Crippen molar-refractivity contribution in [1.82, 2.24) is 10.6 Å². The van der Waals surface area contributed by atoms with E-state index >= 15 is 0 Å². The number of nitrogens with zero attached hydrogens (tertiary/aromatic N) is 1. The first kappa shape index (κ1) is 14.4. The molecule has 0 unspecified atom stereocenters. The standard InChI is InChI=1S/C15H21N3O2/c1-11(2)9-16-15(20)17-12-8-14(19)18(10-12)13-6-4-3-5-7-13/h3-7,11-12H,8-10H2,1-2H3,(H2,16,17,20)/t12-/m0/s1. The van der Waals surface area contributed by atoms with Crippen LogP contribution in [0.25, 0.3) is 0 Å². The highest BCUT2D eigenvalue weighted by molar-refractivity contribution is 5.96. The number of hydrogen-bond donors (Lipinski definition) is 2. The minimum atomic E-state index is -0.202. The fourth-order valence-electron chi connectivity index (χ4n) is 2.19. The summed E-state index contributed by atoms with van der Waals surface area (Å²) in [6.45, 7) is 5.24. The Labute approximate surface area is 119 Å². The fraction of sp³-hybridized carbons (Fsp3) is 0.467. The van der Waals surface area contributed by atoms with E-state index in [2.05, 4.69) is 10.6 Å². The number of anilines is 1. The zero-order valence-corrected chi connectivity index (χ0v) is 11.9. The van der Waals surface area contributed by atoms with Gasteiger partial charge in [0.05, 0.1) is 6.04 Å². The van der Waals surface area contributed by atoms with Crippen LogP contribution < -0.4 is 15.5 Å². The molecule has 1 saturated heterocycles. The quantitative estimate of drug-likeness (QED) is 0.879. The smallest absolute Gasteiger partial charge is 0.315 e. The number of carbonyl (C=O) groups is 2. The lowest BCUT2D eigenvalue weighted by atomic mass is 10.2. The maximum atomic E-state index is 12.0. The van der Waals surface area contributed by atoms with E-state index in [4.69, 9.17) is 0 Å². The Morgan fingerprint density at radius 2 is 2.05 bits per heavy atom. The topological polar surface area (TPSA) is 61.4 Å². The van der Waals surface area contributed by atoms with Crippen LogP contribution >= 0.6 is 0 Å². The van der Waals surface area contributed by atoms with Gasteiger partial charge in [-0.3, -0.25) is 4.79 Å². The van der Waals surface area contributed by atoms with Gasteiger partial charge in [0.1, 0.15) is 0 Å². The second kappa shape index (κ2) is 6.41. The molecule has 20 heavy (non-hydrogen) atoms. The SMILES string of the molecule is CC(C)CNC(=O)N[C@H]1CC(=O)N(c2ccccc2)C1. The second-order valence-corrected chi connectivity index (χ2v) is 5.49. The van der Waals surface area contributed by atoms with Gasteiger partial charge in [0, 0.05) is 25.2 Å². The zero-order chi connectivity index (χ0) is 14.5. The van der Waals surface area contributed by atoms with Crippen LogP contribution in [0.3, 0.4) is 0 Å². The maximum absolute atomic E-state index is 12.0. The normalized spacial score (nSPS) is 18.4. The Morgan fingerprint density at radius 1 is 1.35 bits per heavy atom. The van der Waals surface area contributed by atoms with Crippen LogP contribution in [0.2, 0.25) is 0 Å². The Balaban J connectivity index is 1.88. The summed E-state index contributed by atoms with van der Waals surface area (Å²) in [6.07, 6.45) is 0.351. The largest absolute Gasteiger partial charge is 0.338 e. The minimum Gasteiger partial charge on any atom is -0.338 e. The summed E-state index contributed by atoms with van der Waals surface area (Å²) in [5.41, 5.74) is 0.879. The van der Waals surface area contributed by atoms with E-state index in [0.717, 1.165) is 5.69 Å². The highest BCUT2D eigenvalue weighted by Crippen LogP contribution is 2.20. The molecule has 1 heterocycles. The van der Waals surface area contributed by atoms with E-state index in [9.17, 15) is 9.59 Å². The van der Waals surface area contributed by atoms with Gasteiger partial charge in [-0.25, -0.2) is 4.79 Å². The minimum absolute atomic E-state index is 0.0466. The van der Waals surface area contributed by atoms with Crippen molar-refractivity contribution in [2.24, 2.45) is 5.92 Å². The molecule has 0 bridgehead atoms. The van der Waals surface area contributed by atoms with Crippen molar-refractivity contribution < 1.29 is 9.59 Å². The van der Waals surface area contributed by atoms with Crippen LogP contribution in [-0.4, -0.2) is 31.1 Å². The van der Waals surface area contributed by atoms with E-state index in [-0.39, 0.29) is 18.0 Å². The molecule has 0 aromatic heterocycles. The van der Waals surface area contributed by atoms with Gasteiger partial charge in [-0.1, -0.05) is 32.0 Å². The zero-order valence-electron chi connectivity index (χ0n) is 11.9. The van der Waals surface area contributed by atoms with Gasteiger partial charge >= 0.3 is 6.03 Å². The average Bonchev–Trinajstić information content (AvgIpc) is 2.78. The van der Waals surface area contributed by atoms with Gasteiger partial charge in [0.25, 0.3) is 0 Å². The lowest BCUT2D eigenvalue weighted by molar-refractivity contribution is -0.117. The van der Waals surface area contributed by atoms with Gasteiger partial charge in [0.15, 0.2) is 0 Å².